The third-order valence-electron chi connectivity index (χ3n) is 3.26. The highest BCUT2D eigenvalue weighted by molar-refractivity contribution is 14.0. The monoisotopic (exact) mass is 493 g/mol. The highest BCUT2D eigenvalue weighted by Gasteiger charge is 2.04. The number of halogens is 2. The third kappa shape index (κ3) is 7.79. The summed E-state index contributed by atoms with van der Waals surface area (Å²) in [5, 5.41) is 10.4. The molecule has 0 fully saturated rings. The third-order valence-corrected chi connectivity index (χ3v) is 4.55. The van der Waals surface area contributed by atoms with Crippen LogP contribution in [0.1, 0.15) is 18.2 Å². The molecule has 1 heterocycles. The summed E-state index contributed by atoms with van der Waals surface area (Å²) in [6.07, 6.45) is 0.895. The average molecular weight is 494 g/mol. The van der Waals surface area contributed by atoms with Crippen LogP contribution < -0.4 is 15.5 Å². The van der Waals surface area contributed by atoms with Crippen LogP contribution in [0.2, 0.25) is 5.02 Å². The van der Waals surface area contributed by atoms with Gasteiger partial charge in [-0.15, -0.1) is 35.3 Å². The number of anilines is 1. The van der Waals surface area contributed by atoms with E-state index in [9.17, 15) is 0 Å². The van der Waals surface area contributed by atoms with Crippen molar-refractivity contribution >= 4 is 58.0 Å². The molecule has 0 aliphatic heterocycles. The maximum atomic E-state index is 6.01. The van der Waals surface area contributed by atoms with E-state index in [1.165, 1.54) is 5.56 Å². The van der Waals surface area contributed by atoms with Crippen LogP contribution in [0, 0.1) is 0 Å². The molecular weight excluding hydrogens is 469 g/mol. The molecule has 0 radical (unpaired) electrons. The minimum Gasteiger partial charge on any atom is -0.357 e. The molecule has 2 rings (SSSR count). The molecule has 1 aromatic heterocycles. The zero-order valence-electron chi connectivity index (χ0n) is 14.8. The normalized spacial score (nSPS) is 11.0. The van der Waals surface area contributed by atoms with Crippen molar-refractivity contribution in [2.75, 3.05) is 32.1 Å². The van der Waals surface area contributed by atoms with Gasteiger partial charge in [-0.05, 0) is 31.0 Å². The smallest absolute Gasteiger partial charge is 0.191 e. The van der Waals surface area contributed by atoms with Crippen LogP contribution in [0.15, 0.2) is 34.6 Å². The summed E-state index contributed by atoms with van der Waals surface area (Å²) in [6.45, 7) is 4.24. The molecule has 0 spiro atoms. The van der Waals surface area contributed by atoms with E-state index in [0.29, 0.717) is 6.54 Å². The number of guanidine groups is 1. The molecule has 0 saturated carbocycles. The zero-order valence-corrected chi connectivity index (χ0v) is 18.7. The minimum atomic E-state index is 0. The van der Waals surface area contributed by atoms with Gasteiger partial charge in [0.1, 0.15) is 0 Å². The Labute approximate surface area is 175 Å². The maximum Gasteiger partial charge on any atom is 0.191 e. The lowest BCUT2D eigenvalue weighted by Crippen LogP contribution is -2.38. The van der Waals surface area contributed by atoms with E-state index in [0.717, 1.165) is 41.3 Å². The van der Waals surface area contributed by atoms with Gasteiger partial charge in [0.15, 0.2) is 11.1 Å². The van der Waals surface area contributed by atoms with Crippen LogP contribution in [0.3, 0.4) is 0 Å². The Bertz CT molecular complexity index is 675. The van der Waals surface area contributed by atoms with Crippen molar-refractivity contribution in [2.45, 2.75) is 19.9 Å². The molecule has 2 N–H and O–H groups in total. The lowest BCUT2D eigenvalue weighted by atomic mass is 10.1. The van der Waals surface area contributed by atoms with Gasteiger partial charge in [0.25, 0.3) is 0 Å². The predicted octanol–water partition coefficient (Wildman–Crippen LogP) is 3.78. The first-order valence-electron chi connectivity index (χ1n) is 7.97. The number of thiazole rings is 1. The van der Waals surface area contributed by atoms with Gasteiger partial charge in [-0.3, -0.25) is 0 Å². The number of benzene rings is 1. The largest absolute Gasteiger partial charge is 0.357 e. The Balaban J connectivity index is 0.00000312. The lowest BCUT2D eigenvalue weighted by Gasteiger charge is -2.11. The van der Waals surface area contributed by atoms with Crippen molar-refractivity contribution in [3.63, 3.8) is 0 Å². The predicted molar refractivity (Wildman–Crippen MR) is 120 cm³/mol. The van der Waals surface area contributed by atoms with Gasteiger partial charge >= 0.3 is 0 Å². The van der Waals surface area contributed by atoms with Crippen molar-refractivity contribution in [3.05, 3.63) is 45.9 Å². The number of nitrogens with zero attached hydrogens (tertiary/aromatic N) is 3. The Hall–Kier alpha value is -1.06. The molecule has 0 unspecified atom stereocenters. The molecule has 2 aromatic rings. The van der Waals surface area contributed by atoms with Gasteiger partial charge in [-0.1, -0.05) is 23.7 Å². The summed E-state index contributed by atoms with van der Waals surface area (Å²) in [5.74, 6) is 0.805. The number of rotatable bonds is 7. The van der Waals surface area contributed by atoms with Crippen LogP contribution in [-0.2, 0) is 13.0 Å². The van der Waals surface area contributed by atoms with Gasteiger partial charge in [0, 0.05) is 37.6 Å². The molecule has 0 aliphatic carbocycles. The van der Waals surface area contributed by atoms with Crippen LogP contribution >= 0.6 is 46.9 Å². The topological polar surface area (TPSA) is 52.6 Å². The SMILES string of the molecule is CCNC(=NCc1csc(N(C)C)n1)NCCc1cccc(Cl)c1.I. The fraction of sp³-hybridized carbons (Fsp3) is 0.412. The van der Waals surface area contributed by atoms with E-state index < -0.39 is 0 Å². The Morgan fingerprint density at radius 3 is 2.76 bits per heavy atom. The van der Waals surface area contributed by atoms with Crippen LogP contribution in [0.25, 0.3) is 0 Å². The van der Waals surface area contributed by atoms with E-state index in [1.807, 2.05) is 42.6 Å². The van der Waals surface area contributed by atoms with Crippen LogP contribution in [0.5, 0.6) is 0 Å². The Kier molecular flexibility index (Phi) is 10.1. The summed E-state index contributed by atoms with van der Waals surface area (Å²) in [6, 6.07) is 7.93. The highest BCUT2D eigenvalue weighted by atomic mass is 127. The molecule has 0 aliphatic rings. The molecule has 5 nitrogen and oxygen atoms in total. The Morgan fingerprint density at radius 2 is 2.12 bits per heavy atom. The Morgan fingerprint density at radius 1 is 1.32 bits per heavy atom. The molecule has 25 heavy (non-hydrogen) atoms. The maximum absolute atomic E-state index is 6.01. The van der Waals surface area contributed by atoms with Gasteiger partial charge in [0.05, 0.1) is 12.2 Å². The molecule has 0 bridgehead atoms. The second kappa shape index (κ2) is 11.5. The van der Waals surface area contributed by atoms with Crippen molar-refractivity contribution in [1.82, 2.24) is 15.6 Å². The number of hydrogen-bond acceptors (Lipinski definition) is 4. The standard InChI is InChI=1S/C17H24ClN5S.HI/c1-4-19-16(20-9-8-13-6-5-7-14(18)10-13)21-11-15-12-24-17(22-15)23(2)3;/h5-7,10,12H,4,8-9,11H2,1-3H3,(H2,19,20,21);1H. The number of aromatic nitrogens is 1. The lowest BCUT2D eigenvalue weighted by molar-refractivity contribution is 0.797. The van der Waals surface area contributed by atoms with Gasteiger partial charge in [0.2, 0.25) is 0 Å². The summed E-state index contributed by atoms with van der Waals surface area (Å²) in [5.41, 5.74) is 2.19. The average Bonchev–Trinajstić information content (AvgIpc) is 3.02. The number of nitrogens with one attached hydrogen (secondary N) is 2. The van der Waals surface area contributed by atoms with E-state index in [2.05, 4.69) is 33.6 Å². The summed E-state index contributed by atoms with van der Waals surface area (Å²) in [4.78, 5) is 11.2. The van der Waals surface area contributed by atoms with Crippen molar-refractivity contribution in [2.24, 2.45) is 4.99 Å². The number of hydrogen-bond donors (Lipinski definition) is 2. The summed E-state index contributed by atoms with van der Waals surface area (Å²) < 4.78 is 0. The van der Waals surface area contributed by atoms with E-state index in [4.69, 9.17) is 11.6 Å². The molecule has 0 amide bonds. The van der Waals surface area contributed by atoms with Crippen LogP contribution in [-0.4, -0.2) is 38.1 Å². The molecule has 1 aromatic carbocycles. The van der Waals surface area contributed by atoms with Crippen LogP contribution in [0.4, 0.5) is 5.13 Å². The molecule has 0 atom stereocenters. The molecule has 0 saturated heterocycles. The zero-order chi connectivity index (χ0) is 17.4. The van der Waals surface area contributed by atoms with Crippen molar-refractivity contribution in [3.8, 4) is 0 Å². The molecule has 8 heteroatoms. The minimum absolute atomic E-state index is 0. The first kappa shape index (κ1) is 22.0. The van der Waals surface area contributed by atoms with E-state index >= 15 is 0 Å². The van der Waals surface area contributed by atoms with Crippen molar-refractivity contribution < 1.29 is 0 Å². The van der Waals surface area contributed by atoms with E-state index in [1.54, 1.807) is 11.3 Å². The first-order chi connectivity index (χ1) is 11.6. The second-order valence-electron chi connectivity index (χ2n) is 5.52. The van der Waals surface area contributed by atoms with Gasteiger partial charge < -0.3 is 15.5 Å². The summed E-state index contributed by atoms with van der Waals surface area (Å²) >= 11 is 7.64. The molecular formula is C17H25ClIN5S. The first-order valence-corrected chi connectivity index (χ1v) is 9.22. The van der Waals surface area contributed by atoms with Gasteiger partial charge in [-0.2, -0.15) is 0 Å². The van der Waals surface area contributed by atoms with E-state index in [-0.39, 0.29) is 24.0 Å². The highest BCUT2D eigenvalue weighted by Crippen LogP contribution is 2.18. The quantitative estimate of drug-likeness (QED) is 0.350. The second-order valence-corrected chi connectivity index (χ2v) is 6.79. The fourth-order valence-corrected chi connectivity index (χ4v) is 3.06. The number of aliphatic imine (C=N–C) groups is 1. The van der Waals surface area contributed by atoms with Crippen molar-refractivity contribution in [1.29, 1.82) is 0 Å². The fourth-order valence-electron chi connectivity index (χ4n) is 2.09. The summed E-state index contributed by atoms with van der Waals surface area (Å²) in [7, 11) is 3.99. The van der Waals surface area contributed by atoms with Gasteiger partial charge in [-0.25, -0.2) is 9.98 Å². The molecule has 138 valence electrons.